The summed E-state index contributed by atoms with van der Waals surface area (Å²) in [5.74, 6) is 1.06. The van der Waals surface area contributed by atoms with Crippen LogP contribution < -0.4 is 14.8 Å². The summed E-state index contributed by atoms with van der Waals surface area (Å²) in [5.41, 5.74) is 2.54. The van der Waals surface area contributed by atoms with Crippen LogP contribution in [0.2, 0.25) is 0 Å². The van der Waals surface area contributed by atoms with E-state index in [-0.39, 0.29) is 18.0 Å². The summed E-state index contributed by atoms with van der Waals surface area (Å²) in [6.45, 7) is 3.58. The van der Waals surface area contributed by atoms with E-state index in [1.54, 1.807) is 6.07 Å². The Kier molecular flexibility index (Phi) is 4.83. The first kappa shape index (κ1) is 16.8. The first-order valence-electron chi connectivity index (χ1n) is 7.92. The van der Waals surface area contributed by atoms with Crippen molar-refractivity contribution in [3.63, 3.8) is 0 Å². The van der Waals surface area contributed by atoms with Crippen LogP contribution in [0.1, 0.15) is 16.7 Å². The second kappa shape index (κ2) is 7.21. The van der Waals surface area contributed by atoms with E-state index < -0.39 is 4.92 Å². The third kappa shape index (κ3) is 3.71. The van der Waals surface area contributed by atoms with Gasteiger partial charge >= 0.3 is 5.69 Å². The van der Waals surface area contributed by atoms with E-state index in [4.69, 9.17) is 9.47 Å². The molecular formula is C18H19N3O4. The molecule has 0 saturated carbocycles. The minimum atomic E-state index is -0.466. The molecule has 3 rings (SSSR count). The van der Waals surface area contributed by atoms with Crippen LogP contribution in [0, 0.1) is 17.0 Å². The van der Waals surface area contributed by atoms with Crippen molar-refractivity contribution in [2.75, 3.05) is 20.2 Å². The second-order valence-electron chi connectivity index (χ2n) is 5.72. The molecule has 0 radical (unpaired) electrons. The van der Waals surface area contributed by atoms with Gasteiger partial charge in [0, 0.05) is 18.2 Å². The lowest BCUT2D eigenvalue weighted by molar-refractivity contribution is -0.386. The highest BCUT2D eigenvalue weighted by Crippen LogP contribution is 2.39. The molecule has 1 aliphatic rings. The number of nitro benzene ring substituents is 1. The van der Waals surface area contributed by atoms with E-state index in [2.05, 4.69) is 10.3 Å². The Morgan fingerprint density at radius 1 is 1.28 bits per heavy atom. The number of amidine groups is 1. The highest BCUT2D eigenvalue weighted by Gasteiger charge is 2.24. The predicted octanol–water partition coefficient (Wildman–Crippen LogP) is 2.84. The van der Waals surface area contributed by atoms with E-state index in [0.29, 0.717) is 23.7 Å². The van der Waals surface area contributed by atoms with Crippen molar-refractivity contribution in [3.8, 4) is 11.5 Å². The van der Waals surface area contributed by atoms with E-state index in [1.807, 2.05) is 31.2 Å². The quantitative estimate of drug-likeness (QED) is 0.645. The highest BCUT2D eigenvalue weighted by molar-refractivity contribution is 6.01. The van der Waals surface area contributed by atoms with Crippen molar-refractivity contribution in [2.45, 2.75) is 13.5 Å². The Morgan fingerprint density at radius 2 is 2.04 bits per heavy atom. The van der Waals surface area contributed by atoms with Crippen LogP contribution >= 0.6 is 0 Å². The number of aryl methyl sites for hydroxylation is 1. The topological polar surface area (TPSA) is 86.0 Å². The summed E-state index contributed by atoms with van der Waals surface area (Å²) >= 11 is 0. The first-order chi connectivity index (χ1) is 12.1. The lowest BCUT2D eigenvalue weighted by Crippen LogP contribution is -2.19. The Bertz CT molecular complexity index is 816. The van der Waals surface area contributed by atoms with E-state index in [0.717, 1.165) is 17.7 Å². The zero-order valence-electron chi connectivity index (χ0n) is 14.1. The fourth-order valence-electron chi connectivity index (χ4n) is 2.59. The third-order valence-electron chi connectivity index (χ3n) is 3.90. The fraction of sp³-hybridized carbons (Fsp3) is 0.278. The molecule has 1 aliphatic heterocycles. The van der Waals surface area contributed by atoms with Gasteiger partial charge in [0.25, 0.3) is 0 Å². The van der Waals surface area contributed by atoms with Crippen molar-refractivity contribution in [3.05, 3.63) is 63.2 Å². The number of hydrogen-bond acceptors (Lipinski definition) is 6. The van der Waals surface area contributed by atoms with Gasteiger partial charge in [-0.15, -0.1) is 0 Å². The van der Waals surface area contributed by atoms with Crippen molar-refractivity contribution < 1.29 is 14.4 Å². The van der Waals surface area contributed by atoms with Crippen LogP contribution in [-0.4, -0.2) is 31.0 Å². The molecule has 2 aromatic rings. The second-order valence-corrected chi connectivity index (χ2v) is 5.72. The Hall–Kier alpha value is -3.09. The summed E-state index contributed by atoms with van der Waals surface area (Å²) in [4.78, 5) is 15.4. The maximum absolute atomic E-state index is 11.5. The molecule has 0 bridgehead atoms. The molecule has 0 aromatic heterocycles. The van der Waals surface area contributed by atoms with Crippen LogP contribution in [0.3, 0.4) is 0 Å². The molecule has 7 heteroatoms. The minimum absolute atomic E-state index is 0.121. The molecular weight excluding hydrogens is 322 g/mol. The number of aliphatic imine (C=N–C) groups is 1. The fourth-order valence-corrected chi connectivity index (χ4v) is 2.59. The maximum atomic E-state index is 11.5. The largest absolute Gasteiger partial charge is 0.493 e. The molecule has 0 amide bonds. The Labute approximate surface area is 145 Å². The molecule has 0 saturated heterocycles. The molecule has 0 spiro atoms. The number of methoxy groups -OCH3 is 1. The Balaban J connectivity index is 1.93. The van der Waals surface area contributed by atoms with E-state index in [9.17, 15) is 10.1 Å². The molecule has 0 unspecified atom stereocenters. The lowest BCUT2D eigenvalue weighted by Gasteiger charge is -2.13. The molecule has 0 aliphatic carbocycles. The van der Waals surface area contributed by atoms with Crippen LogP contribution in [0.4, 0.5) is 5.69 Å². The summed E-state index contributed by atoms with van der Waals surface area (Å²) < 4.78 is 11.1. The summed E-state index contributed by atoms with van der Waals surface area (Å²) in [6, 6.07) is 11.0. The number of hydrogen-bond donors (Lipinski definition) is 1. The van der Waals surface area contributed by atoms with Gasteiger partial charge < -0.3 is 14.8 Å². The average molecular weight is 341 g/mol. The van der Waals surface area contributed by atoms with Gasteiger partial charge in [0.2, 0.25) is 5.75 Å². The zero-order chi connectivity index (χ0) is 17.8. The SMILES string of the molecule is COc1cc(C2=NCCN2)cc([N+](=O)[O-])c1OCc1ccc(C)cc1. The van der Waals surface area contributed by atoms with Gasteiger partial charge in [-0.3, -0.25) is 15.1 Å². The number of nitrogens with one attached hydrogen (secondary N) is 1. The van der Waals surface area contributed by atoms with Crippen LogP contribution in [0.25, 0.3) is 0 Å². The van der Waals surface area contributed by atoms with E-state index >= 15 is 0 Å². The van der Waals surface area contributed by atoms with Crippen molar-refractivity contribution >= 4 is 11.5 Å². The highest BCUT2D eigenvalue weighted by atomic mass is 16.6. The zero-order valence-corrected chi connectivity index (χ0v) is 14.1. The van der Waals surface area contributed by atoms with Crippen molar-refractivity contribution in [1.82, 2.24) is 5.32 Å². The van der Waals surface area contributed by atoms with Crippen LogP contribution in [0.5, 0.6) is 11.5 Å². The minimum Gasteiger partial charge on any atom is -0.493 e. The van der Waals surface area contributed by atoms with Gasteiger partial charge in [-0.25, -0.2) is 0 Å². The van der Waals surface area contributed by atoms with Crippen LogP contribution in [-0.2, 0) is 6.61 Å². The molecule has 1 heterocycles. The number of ether oxygens (including phenoxy) is 2. The molecule has 0 atom stereocenters. The molecule has 1 N–H and O–H groups in total. The maximum Gasteiger partial charge on any atom is 0.315 e. The van der Waals surface area contributed by atoms with Gasteiger partial charge in [-0.05, 0) is 18.6 Å². The number of rotatable bonds is 6. The number of nitrogens with zero attached hydrogens (tertiary/aromatic N) is 2. The monoisotopic (exact) mass is 341 g/mol. The predicted molar refractivity (Wildman–Crippen MR) is 94.6 cm³/mol. The molecule has 25 heavy (non-hydrogen) atoms. The van der Waals surface area contributed by atoms with Crippen molar-refractivity contribution in [1.29, 1.82) is 0 Å². The lowest BCUT2D eigenvalue weighted by atomic mass is 10.1. The summed E-state index contributed by atoms with van der Waals surface area (Å²) in [6.07, 6.45) is 0. The van der Waals surface area contributed by atoms with Gasteiger partial charge in [-0.2, -0.15) is 0 Å². The summed E-state index contributed by atoms with van der Waals surface area (Å²) in [5, 5.41) is 14.6. The van der Waals surface area contributed by atoms with Gasteiger partial charge in [0.1, 0.15) is 12.4 Å². The smallest absolute Gasteiger partial charge is 0.315 e. The summed E-state index contributed by atoms with van der Waals surface area (Å²) in [7, 11) is 1.46. The van der Waals surface area contributed by atoms with E-state index in [1.165, 1.54) is 13.2 Å². The molecule has 2 aromatic carbocycles. The van der Waals surface area contributed by atoms with Gasteiger partial charge in [0.05, 0.1) is 18.6 Å². The molecule has 7 nitrogen and oxygen atoms in total. The Morgan fingerprint density at radius 3 is 2.64 bits per heavy atom. The number of nitro groups is 1. The van der Waals surface area contributed by atoms with Gasteiger partial charge in [0.15, 0.2) is 5.75 Å². The average Bonchev–Trinajstić information content (AvgIpc) is 3.15. The van der Waals surface area contributed by atoms with Crippen LogP contribution in [0.15, 0.2) is 41.4 Å². The standard InChI is InChI=1S/C18H19N3O4/c1-12-3-5-13(6-4-12)11-25-17-15(21(22)23)9-14(10-16(17)24-2)18-19-7-8-20-18/h3-6,9-10H,7-8,11H2,1-2H3,(H,19,20). The third-order valence-corrected chi connectivity index (χ3v) is 3.90. The van der Waals surface area contributed by atoms with Crippen molar-refractivity contribution in [2.24, 2.45) is 4.99 Å². The number of benzene rings is 2. The molecule has 130 valence electrons. The normalized spacial score (nSPS) is 13.1. The first-order valence-corrected chi connectivity index (χ1v) is 7.92. The molecule has 0 fully saturated rings. The van der Waals surface area contributed by atoms with Gasteiger partial charge in [-0.1, -0.05) is 29.8 Å².